The Hall–Kier alpha value is -2.96. The van der Waals surface area contributed by atoms with Gasteiger partial charge >= 0.3 is 0 Å². The Balaban J connectivity index is 1.50. The molecular weight excluding hydrogens is 306 g/mol. The molecule has 0 atom stereocenters. The van der Waals surface area contributed by atoms with Gasteiger partial charge in [0.25, 0.3) is 11.7 Å². The Kier molecular flexibility index (Phi) is 3.60. The van der Waals surface area contributed by atoms with Crippen LogP contribution in [0.3, 0.4) is 0 Å². The number of fused-ring (bicyclic) bond motifs is 2. The molecule has 7 nitrogen and oxygen atoms in total. The largest absolute Gasteiger partial charge is 0.493 e. The first-order chi connectivity index (χ1) is 11.7. The molecule has 1 amide bonds. The first kappa shape index (κ1) is 14.6. The molecule has 0 aliphatic carbocycles. The van der Waals surface area contributed by atoms with Gasteiger partial charge in [0.05, 0.1) is 6.61 Å². The average Bonchev–Trinajstić information content (AvgIpc) is 3.02. The van der Waals surface area contributed by atoms with Crippen LogP contribution in [0.25, 0.3) is 5.78 Å². The number of amides is 1. The van der Waals surface area contributed by atoms with Crippen LogP contribution in [0.5, 0.6) is 5.75 Å². The number of nitrogens with zero attached hydrogens (tertiary/aromatic N) is 4. The van der Waals surface area contributed by atoms with E-state index in [2.05, 4.69) is 26.6 Å². The molecule has 3 aromatic rings. The van der Waals surface area contributed by atoms with Crippen LogP contribution in [0.4, 0.5) is 0 Å². The Morgan fingerprint density at radius 1 is 1.33 bits per heavy atom. The maximum Gasteiger partial charge on any atom is 0.289 e. The molecule has 1 aliphatic rings. The second-order valence-corrected chi connectivity index (χ2v) is 5.84. The minimum atomic E-state index is -0.276. The maximum absolute atomic E-state index is 12.4. The Bertz CT molecular complexity index is 918. The van der Waals surface area contributed by atoms with Crippen molar-refractivity contribution in [1.82, 2.24) is 24.9 Å². The topological polar surface area (TPSA) is 81.4 Å². The van der Waals surface area contributed by atoms with Crippen LogP contribution in [0.1, 0.15) is 33.9 Å². The van der Waals surface area contributed by atoms with Crippen LogP contribution >= 0.6 is 0 Å². The van der Waals surface area contributed by atoms with E-state index in [0.29, 0.717) is 12.3 Å². The van der Waals surface area contributed by atoms with Crippen LogP contribution in [0.2, 0.25) is 0 Å². The van der Waals surface area contributed by atoms with Crippen LogP contribution in [-0.2, 0) is 13.0 Å². The van der Waals surface area contributed by atoms with Crippen molar-refractivity contribution in [3.63, 3.8) is 0 Å². The summed E-state index contributed by atoms with van der Waals surface area (Å²) < 4.78 is 7.19. The molecule has 1 aliphatic heterocycles. The Labute approximate surface area is 138 Å². The molecule has 0 unspecified atom stereocenters. The lowest BCUT2D eigenvalue weighted by molar-refractivity contribution is 0.0939. The summed E-state index contributed by atoms with van der Waals surface area (Å²) in [5.74, 6) is 1.33. The fourth-order valence-corrected chi connectivity index (χ4v) is 2.81. The van der Waals surface area contributed by atoms with Gasteiger partial charge in [-0.1, -0.05) is 12.1 Å². The lowest BCUT2D eigenvalue weighted by atomic mass is 10.0. The van der Waals surface area contributed by atoms with E-state index in [1.165, 1.54) is 5.56 Å². The SMILES string of the molecule is Cc1ccn2c(C(=O)NCc3ccc4c(c3)CCCO4)nnc2n1. The second kappa shape index (κ2) is 5.92. The summed E-state index contributed by atoms with van der Waals surface area (Å²) in [7, 11) is 0. The lowest BCUT2D eigenvalue weighted by Crippen LogP contribution is -2.25. The molecule has 7 heteroatoms. The van der Waals surface area contributed by atoms with Crippen molar-refractivity contribution in [2.75, 3.05) is 6.61 Å². The number of aromatic nitrogens is 4. The van der Waals surface area contributed by atoms with Gasteiger partial charge in [-0.2, -0.15) is 0 Å². The molecule has 1 aromatic carbocycles. The summed E-state index contributed by atoms with van der Waals surface area (Å²) >= 11 is 0. The molecule has 0 spiro atoms. The van der Waals surface area contributed by atoms with Gasteiger partial charge < -0.3 is 10.1 Å². The van der Waals surface area contributed by atoms with Crippen molar-refractivity contribution in [1.29, 1.82) is 0 Å². The average molecular weight is 323 g/mol. The third kappa shape index (κ3) is 2.68. The lowest BCUT2D eigenvalue weighted by Gasteiger charge is -2.17. The summed E-state index contributed by atoms with van der Waals surface area (Å²) in [4.78, 5) is 16.6. The minimum Gasteiger partial charge on any atom is -0.493 e. The molecule has 0 fully saturated rings. The summed E-state index contributed by atoms with van der Waals surface area (Å²) in [6.07, 6.45) is 3.79. The van der Waals surface area contributed by atoms with E-state index in [0.717, 1.165) is 36.5 Å². The van der Waals surface area contributed by atoms with Gasteiger partial charge in [-0.05, 0) is 43.0 Å². The Morgan fingerprint density at radius 2 is 2.25 bits per heavy atom. The number of aryl methyl sites for hydroxylation is 2. The normalized spacial score (nSPS) is 13.4. The molecule has 1 N–H and O–H groups in total. The molecule has 2 aromatic heterocycles. The van der Waals surface area contributed by atoms with E-state index < -0.39 is 0 Å². The van der Waals surface area contributed by atoms with Crippen molar-refractivity contribution in [3.05, 3.63) is 53.1 Å². The van der Waals surface area contributed by atoms with Gasteiger partial charge in [0, 0.05) is 18.4 Å². The number of benzene rings is 1. The van der Waals surface area contributed by atoms with Crippen molar-refractivity contribution >= 4 is 11.7 Å². The summed E-state index contributed by atoms with van der Waals surface area (Å²) in [6.45, 7) is 3.07. The van der Waals surface area contributed by atoms with Gasteiger partial charge in [0.15, 0.2) is 0 Å². The van der Waals surface area contributed by atoms with E-state index in [-0.39, 0.29) is 11.7 Å². The van der Waals surface area contributed by atoms with Crippen LogP contribution < -0.4 is 10.1 Å². The molecule has 24 heavy (non-hydrogen) atoms. The number of rotatable bonds is 3. The standard InChI is InChI=1S/C17H17N5O2/c1-11-6-7-22-15(20-21-17(22)19-11)16(23)18-10-12-4-5-14-13(9-12)3-2-8-24-14/h4-7,9H,2-3,8,10H2,1H3,(H,18,23). The summed E-state index contributed by atoms with van der Waals surface area (Å²) in [6, 6.07) is 7.84. The van der Waals surface area contributed by atoms with Gasteiger partial charge in [-0.15, -0.1) is 10.2 Å². The van der Waals surface area contributed by atoms with E-state index in [4.69, 9.17) is 4.74 Å². The van der Waals surface area contributed by atoms with E-state index >= 15 is 0 Å². The minimum absolute atomic E-state index is 0.235. The van der Waals surface area contributed by atoms with Crippen molar-refractivity contribution in [2.45, 2.75) is 26.3 Å². The predicted octanol–water partition coefficient (Wildman–Crippen LogP) is 1.69. The maximum atomic E-state index is 12.4. The number of carbonyl (C=O) groups excluding carboxylic acids is 1. The zero-order valence-corrected chi connectivity index (χ0v) is 13.3. The zero-order valence-electron chi connectivity index (χ0n) is 13.3. The number of ether oxygens (including phenoxy) is 1. The third-order valence-corrected chi connectivity index (χ3v) is 4.05. The third-order valence-electron chi connectivity index (χ3n) is 4.05. The fourth-order valence-electron chi connectivity index (χ4n) is 2.81. The fraction of sp³-hybridized carbons (Fsp3) is 0.294. The van der Waals surface area contributed by atoms with Crippen molar-refractivity contribution < 1.29 is 9.53 Å². The van der Waals surface area contributed by atoms with Gasteiger partial charge in [-0.25, -0.2) is 4.98 Å². The molecule has 0 radical (unpaired) electrons. The molecule has 3 heterocycles. The van der Waals surface area contributed by atoms with Crippen LogP contribution in [0, 0.1) is 6.92 Å². The molecule has 4 rings (SSSR count). The first-order valence-electron chi connectivity index (χ1n) is 7.92. The highest BCUT2D eigenvalue weighted by atomic mass is 16.5. The highest BCUT2D eigenvalue weighted by molar-refractivity contribution is 5.91. The monoisotopic (exact) mass is 323 g/mol. The van der Waals surface area contributed by atoms with Gasteiger partial charge in [-0.3, -0.25) is 9.20 Å². The predicted molar refractivity (Wildman–Crippen MR) is 86.9 cm³/mol. The van der Waals surface area contributed by atoms with Crippen molar-refractivity contribution in [3.8, 4) is 5.75 Å². The van der Waals surface area contributed by atoms with E-state index in [9.17, 15) is 4.79 Å². The number of nitrogens with one attached hydrogen (secondary N) is 1. The van der Waals surface area contributed by atoms with Crippen LogP contribution in [-0.4, -0.2) is 32.1 Å². The van der Waals surface area contributed by atoms with Gasteiger partial charge in [0.2, 0.25) is 5.82 Å². The number of hydrogen-bond acceptors (Lipinski definition) is 5. The highest BCUT2D eigenvalue weighted by Crippen LogP contribution is 2.25. The highest BCUT2D eigenvalue weighted by Gasteiger charge is 2.15. The summed E-state index contributed by atoms with van der Waals surface area (Å²) in [5.41, 5.74) is 3.06. The first-order valence-corrected chi connectivity index (χ1v) is 7.92. The van der Waals surface area contributed by atoms with E-state index in [1.54, 1.807) is 10.6 Å². The Morgan fingerprint density at radius 3 is 3.17 bits per heavy atom. The summed E-state index contributed by atoms with van der Waals surface area (Å²) in [5, 5.41) is 10.8. The van der Waals surface area contributed by atoms with Crippen LogP contribution in [0.15, 0.2) is 30.5 Å². The quantitative estimate of drug-likeness (QED) is 0.793. The molecular formula is C17H17N5O2. The molecule has 0 saturated carbocycles. The van der Waals surface area contributed by atoms with Gasteiger partial charge in [0.1, 0.15) is 5.75 Å². The number of carbonyl (C=O) groups is 1. The molecule has 122 valence electrons. The zero-order chi connectivity index (χ0) is 16.5. The molecule has 0 saturated heterocycles. The smallest absolute Gasteiger partial charge is 0.289 e. The number of hydrogen-bond donors (Lipinski definition) is 1. The molecule has 0 bridgehead atoms. The second-order valence-electron chi connectivity index (χ2n) is 5.84. The van der Waals surface area contributed by atoms with Crippen molar-refractivity contribution in [2.24, 2.45) is 0 Å². The van der Waals surface area contributed by atoms with E-state index in [1.807, 2.05) is 25.1 Å².